The number of para-hydroxylation sites is 2. The van der Waals surface area contributed by atoms with Crippen LogP contribution in [0.15, 0.2) is 89.9 Å². The lowest BCUT2D eigenvalue weighted by Gasteiger charge is -2.05. The van der Waals surface area contributed by atoms with E-state index in [9.17, 15) is 13.2 Å². The van der Waals surface area contributed by atoms with Crippen molar-refractivity contribution in [3.05, 3.63) is 90.5 Å². The number of nitrogens with zero attached hydrogens (tertiary/aromatic N) is 1. The smallest absolute Gasteiger partial charge is 0.416 e. The Morgan fingerprint density at radius 2 is 1.04 bits per heavy atom. The molecule has 6 heteroatoms. The van der Waals surface area contributed by atoms with E-state index in [-0.39, 0.29) is 0 Å². The number of rotatable bonds is 1. The molecule has 3 aromatic rings. The second-order valence-electron chi connectivity index (χ2n) is 4.87. The monoisotopic (exact) mass is 361 g/mol. The molecule has 3 aromatic carbocycles. The van der Waals surface area contributed by atoms with E-state index in [1.54, 1.807) is 48.5 Å². The Hall–Kier alpha value is -3.28. The summed E-state index contributed by atoms with van der Waals surface area (Å²) in [6.07, 6.45) is -4.28. The van der Waals surface area contributed by atoms with Gasteiger partial charge in [-0.3, -0.25) is 4.99 Å². The average Bonchev–Trinajstić information content (AvgIpc) is 2.63. The molecule has 0 saturated heterocycles. The van der Waals surface area contributed by atoms with E-state index in [2.05, 4.69) is 11.7 Å². The molecule has 0 aliphatic carbocycles. The first-order valence-electron chi connectivity index (χ1n) is 7.45. The molecule has 26 heavy (non-hydrogen) atoms. The summed E-state index contributed by atoms with van der Waals surface area (Å²) < 4.78 is 35.9. The minimum absolute atomic E-state index is 0.322. The van der Waals surface area contributed by atoms with Gasteiger partial charge in [-0.05, 0) is 55.2 Å². The lowest BCUT2D eigenvalue weighted by Crippen LogP contribution is -2.03. The molecule has 136 valence electrons. The number of aromatic hydroxyl groups is 2. The third-order valence-corrected chi connectivity index (χ3v) is 2.89. The summed E-state index contributed by atoms with van der Waals surface area (Å²) in [6, 6.07) is 21.9. The van der Waals surface area contributed by atoms with Crippen molar-refractivity contribution in [3.63, 3.8) is 0 Å². The maximum Gasteiger partial charge on any atom is 0.416 e. The highest BCUT2D eigenvalue weighted by atomic mass is 19.4. The fourth-order valence-corrected chi connectivity index (χ4v) is 1.61. The fourth-order valence-electron chi connectivity index (χ4n) is 1.61. The van der Waals surface area contributed by atoms with Crippen molar-refractivity contribution < 1.29 is 23.4 Å². The summed E-state index contributed by atoms with van der Waals surface area (Å²) in [4.78, 5) is 3.48. The van der Waals surface area contributed by atoms with Gasteiger partial charge in [-0.15, -0.1) is 0 Å². The van der Waals surface area contributed by atoms with E-state index in [0.29, 0.717) is 17.2 Å². The fraction of sp³-hybridized carbons (Fsp3) is 0.0500. The van der Waals surface area contributed by atoms with Gasteiger partial charge in [0.05, 0.1) is 11.3 Å². The highest BCUT2D eigenvalue weighted by molar-refractivity contribution is 5.46. The van der Waals surface area contributed by atoms with Crippen LogP contribution in [0.1, 0.15) is 5.56 Å². The van der Waals surface area contributed by atoms with Gasteiger partial charge in [0.2, 0.25) is 0 Å². The Balaban J connectivity index is 0.000000207. The Kier molecular flexibility index (Phi) is 8.43. The van der Waals surface area contributed by atoms with Crippen LogP contribution in [-0.2, 0) is 6.18 Å². The first-order valence-corrected chi connectivity index (χ1v) is 7.45. The number of alkyl halides is 3. The lowest BCUT2D eigenvalue weighted by atomic mass is 10.2. The Morgan fingerprint density at radius 3 is 1.27 bits per heavy atom. The highest BCUT2D eigenvalue weighted by Crippen LogP contribution is 2.30. The van der Waals surface area contributed by atoms with Crippen LogP contribution in [0.2, 0.25) is 0 Å². The van der Waals surface area contributed by atoms with Gasteiger partial charge in [-0.1, -0.05) is 36.4 Å². The summed E-state index contributed by atoms with van der Waals surface area (Å²) in [7, 11) is 0. The molecule has 0 spiro atoms. The van der Waals surface area contributed by atoms with E-state index >= 15 is 0 Å². The summed E-state index contributed by atoms with van der Waals surface area (Å²) >= 11 is 0. The molecule has 3 rings (SSSR count). The molecule has 0 radical (unpaired) electrons. The zero-order valence-electron chi connectivity index (χ0n) is 13.8. The van der Waals surface area contributed by atoms with Crippen LogP contribution in [0.4, 0.5) is 18.9 Å². The molecular weight excluding hydrogens is 343 g/mol. The van der Waals surface area contributed by atoms with E-state index in [0.717, 1.165) is 12.1 Å². The molecule has 0 aromatic heterocycles. The van der Waals surface area contributed by atoms with E-state index in [1.165, 1.54) is 12.1 Å². The lowest BCUT2D eigenvalue weighted by molar-refractivity contribution is -0.137. The summed E-state index contributed by atoms with van der Waals surface area (Å²) in [5, 5.41) is 17.3. The molecule has 0 amide bonds. The molecule has 0 aliphatic heterocycles. The number of benzene rings is 3. The third-order valence-electron chi connectivity index (χ3n) is 2.89. The Bertz CT molecular complexity index is 721. The normalized spacial score (nSPS) is 9.81. The molecule has 0 aliphatic rings. The Labute approximate surface area is 149 Å². The number of hydrogen-bond acceptors (Lipinski definition) is 3. The number of hydrogen-bond donors (Lipinski definition) is 2. The predicted molar refractivity (Wildman–Crippen MR) is 96.9 cm³/mol. The molecule has 0 heterocycles. The van der Waals surface area contributed by atoms with E-state index in [1.807, 2.05) is 12.1 Å². The van der Waals surface area contributed by atoms with Crippen molar-refractivity contribution in [1.82, 2.24) is 0 Å². The summed E-state index contributed by atoms with van der Waals surface area (Å²) in [5.74, 6) is 0.644. The van der Waals surface area contributed by atoms with Gasteiger partial charge in [-0.25, -0.2) is 0 Å². The molecule has 0 bridgehead atoms. The first-order chi connectivity index (χ1) is 12.3. The van der Waals surface area contributed by atoms with Gasteiger partial charge >= 0.3 is 6.18 Å². The summed E-state index contributed by atoms with van der Waals surface area (Å²) in [5.41, 5.74) is -0.238. The minimum Gasteiger partial charge on any atom is -0.508 e. The van der Waals surface area contributed by atoms with Crippen LogP contribution in [-0.4, -0.2) is 16.9 Å². The van der Waals surface area contributed by atoms with Crippen LogP contribution in [0, 0.1) is 0 Å². The minimum atomic E-state index is -4.28. The van der Waals surface area contributed by atoms with Gasteiger partial charge in [0.1, 0.15) is 11.5 Å². The van der Waals surface area contributed by atoms with Crippen LogP contribution in [0.25, 0.3) is 0 Å². The quantitative estimate of drug-likeness (QED) is 0.537. The maximum absolute atomic E-state index is 12.0. The number of phenols is 2. The van der Waals surface area contributed by atoms with Crippen molar-refractivity contribution in [2.75, 3.05) is 0 Å². The standard InChI is InChI=1S/C8H6F3N.2C6H6O/c1-12-7-4-2-6(3-5-7)8(9,10)11;2*7-6-4-2-1-3-5-6/h2-5H,1H2;2*1-5,7H. The second kappa shape index (κ2) is 10.6. The molecule has 2 N–H and O–H groups in total. The van der Waals surface area contributed by atoms with Crippen LogP contribution in [0.3, 0.4) is 0 Å². The molecule has 0 atom stereocenters. The van der Waals surface area contributed by atoms with Gasteiger partial charge in [0.15, 0.2) is 0 Å². The molecule has 3 nitrogen and oxygen atoms in total. The number of phenolic OH excluding ortho intramolecular Hbond substituents is 2. The second-order valence-corrected chi connectivity index (χ2v) is 4.87. The van der Waals surface area contributed by atoms with Crippen molar-refractivity contribution >= 4 is 12.4 Å². The number of halogens is 3. The summed E-state index contributed by atoms with van der Waals surface area (Å²) in [6.45, 7) is 3.19. The van der Waals surface area contributed by atoms with E-state index in [4.69, 9.17) is 10.2 Å². The van der Waals surface area contributed by atoms with Crippen molar-refractivity contribution in [2.45, 2.75) is 6.18 Å². The zero-order valence-corrected chi connectivity index (χ0v) is 13.8. The number of aliphatic imine (C=N–C) groups is 1. The van der Waals surface area contributed by atoms with Crippen molar-refractivity contribution in [3.8, 4) is 11.5 Å². The van der Waals surface area contributed by atoms with Crippen LogP contribution >= 0.6 is 0 Å². The highest BCUT2D eigenvalue weighted by Gasteiger charge is 2.29. The zero-order chi connectivity index (χ0) is 19.4. The van der Waals surface area contributed by atoms with E-state index < -0.39 is 11.7 Å². The van der Waals surface area contributed by atoms with Gasteiger partial charge < -0.3 is 10.2 Å². The van der Waals surface area contributed by atoms with Gasteiger partial charge in [-0.2, -0.15) is 13.2 Å². The largest absolute Gasteiger partial charge is 0.508 e. The predicted octanol–water partition coefficient (Wildman–Crippen LogP) is 5.82. The third kappa shape index (κ3) is 8.54. The average molecular weight is 361 g/mol. The van der Waals surface area contributed by atoms with Crippen molar-refractivity contribution in [2.24, 2.45) is 4.99 Å². The molecular formula is C20H18F3NO2. The SMILES string of the molecule is C=Nc1ccc(C(F)(F)F)cc1.Oc1ccccc1.Oc1ccccc1. The van der Waals surface area contributed by atoms with Crippen LogP contribution < -0.4 is 0 Å². The van der Waals surface area contributed by atoms with Crippen LogP contribution in [0.5, 0.6) is 11.5 Å². The van der Waals surface area contributed by atoms with Gasteiger partial charge in [0, 0.05) is 0 Å². The topological polar surface area (TPSA) is 52.8 Å². The van der Waals surface area contributed by atoms with Crippen molar-refractivity contribution in [1.29, 1.82) is 0 Å². The molecule has 0 fully saturated rings. The maximum atomic E-state index is 12.0. The first kappa shape index (κ1) is 20.8. The molecule has 0 saturated carbocycles. The van der Waals surface area contributed by atoms with Gasteiger partial charge in [0.25, 0.3) is 0 Å². The molecule has 0 unspecified atom stereocenters. The Morgan fingerprint density at radius 1 is 0.654 bits per heavy atom.